The van der Waals surface area contributed by atoms with Gasteiger partial charge in [0.1, 0.15) is 5.75 Å². The van der Waals surface area contributed by atoms with Crippen molar-refractivity contribution in [2.75, 3.05) is 21.2 Å². The summed E-state index contributed by atoms with van der Waals surface area (Å²) in [6, 6.07) is 10.9. The molecular formula is C20H22N2O4S. The van der Waals surface area contributed by atoms with E-state index in [1.165, 1.54) is 7.05 Å². The molecule has 3 amide bonds. The van der Waals surface area contributed by atoms with Gasteiger partial charge in [0.2, 0.25) is 17.7 Å². The van der Waals surface area contributed by atoms with Crippen LogP contribution >= 0.6 is 11.3 Å². The first kappa shape index (κ1) is 19.1. The summed E-state index contributed by atoms with van der Waals surface area (Å²) in [5, 5.41) is 1.96. The second kappa shape index (κ2) is 7.52. The predicted octanol–water partition coefficient (Wildman–Crippen LogP) is 2.43. The number of imide groups is 1. The van der Waals surface area contributed by atoms with Crippen LogP contribution in [0.5, 0.6) is 5.75 Å². The summed E-state index contributed by atoms with van der Waals surface area (Å²) < 4.78 is 5.18. The number of methoxy groups -OCH3 is 1. The lowest BCUT2D eigenvalue weighted by Crippen LogP contribution is -2.41. The topological polar surface area (TPSA) is 66.9 Å². The number of benzene rings is 1. The fourth-order valence-electron chi connectivity index (χ4n) is 3.38. The van der Waals surface area contributed by atoms with Crippen LogP contribution in [0.3, 0.4) is 0 Å². The molecule has 1 aromatic heterocycles. The van der Waals surface area contributed by atoms with Gasteiger partial charge in [0.05, 0.1) is 19.1 Å². The number of amides is 3. The maximum Gasteiger partial charge on any atom is 0.240 e. The number of ether oxygens (including phenoxy) is 1. The van der Waals surface area contributed by atoms with E-state index in [4.69, 9.17) is 4.74 Å². The summed E-state index contributed by atoms with van der Waals surface area (Å²) in [6.07, 6.45) is -0.0522. The van der Waals surface area contributed by atoms with Gasteiger partial charge in [-0.05, 0) is 29.1 Å². The van der Waals surface area contributed by atoms with Gasteiger partial charge in [-0.3, -0.25) is 19.3 Å². The third kappa shape index (κ3) is 3.60. The standard InChI is InChI=1S/C20H22N2O4S/c1-21(13-16-5-4-10-27-16)17(23)11-20(12-18(24)22(2)19(20)25)14-6-8-15(26-3)9-7-14/h4-10H,11-13H2,1-3H3/t20-/m1/s1. The van der Waals surface area contributed by atoms with Crippen LogP contribution in [0.15, 0.2) is 41.8 Å². The van der Waals surface area contributed by atoms with Crippen molar-refractivity contribution < 1.29 is 19.1 Å². The molecule has 1 fully saturated rings. The van der Waals surface area contributed by atoms with Crippen molar-refractivity contribution in [1.82, 2.24) is 9.80 Å². The quantitative estimate of drug-likeness (QED) is 0.715. The zero-order chi connectivity index (χ0) is 19.6. The molecule has 0 radical (unpaired) electrons. The Morgan fingerprint density at radius 3 is 2.48 bits per heavy atom. The molecule has 0 unspecified atom stereocenters. The minimum Gasteiger partial charge on any atom is -0.497 e. The van der Waals surface area contributed by atoms with E-state index in [0.29, 0.717) is 17.9 Å². The van der Waals surface area contributed by atoms with Gasteiger partial charge in [0, 0.05) is 31.8 Å². The summed E-state index contributed by atoms with van der Waals surface area (Å²) in [7, 11) is 4.75. The monoisotopic (exact) mass is 386 g/mol. The molecule has 27 heavy (non-hydrogen) atoms. The summed E-state index contributed by atoms with van der Waals surface area (Å²) in [5.41, 5.74) is -0.511. The van der Waals surface area contributed by atoms with Gasteiger partial charge < -0.3 is 9.64 Å². The van der Waals surface area contributed by atoms with Crippen LogP contribution in [-0.4, -0.2) is 48.7 Å². The lowest BCUT2D eigenvalue weighted by Gasteiger charge is -2.28. The minimum atomic E-state index is -1.17. The van der Waals surface area contributed by atoms with Gasteiger partial charge in [-0.1, -0.05) is 18.2 Å². The fourth-order valence-corrected chi connectivity index (χ4v) is 4.14. The number of carbonyl (C=O) groups excluding carboxylic acids is 3. The third-order valence-electron chi connectivity index (χ3n) is 5.04. The summed E-state index contributed by atoms with van der Waals surface area (Å²) >= 11 is 1.58. The number of likely N-dealkylation sites (N-methyl/N-ethyl adjacent to an activating group) is 1. The van der Waals surface area contributed by atoms with Crippen molar-refractivity contribution >= 4 is 29.1 Å². The normalized spacial score (nSPS) is 19.4. The Labute approximate surface area is 162 Å². The van der Waals surface area contributed by atoms with Gasteiger partial charge in [0.15, 0.2) is 0 Å². The van der Waals surface area contributed by atoms with E-state index in [1.54, 1.807) is 54.7 Å². The van der Waals surface area contributed by atoms with Gasteiger partial charge in [-0.15, -0.1) is 11.3 Å². The van der Waals surface area contributed by atoms with Crippen molar-refractivity contribution in [3.63, 3.8) is 0 Å². The van der Waals surface area contributed by atoms with Gasteiger partial charge in [0.25, 0.3) is 0 Å². The highest BCUT2D eigenvalue weighted by Crippen LogP contribution is 2.40. The van der Waals surface area contributed by atoms with E-state index in [9.17, 15) is 14.4 Å². The average Bonchev–Trinajstić information content (AvgIpc) is 3.25. The highest BCUT2D eigenvalue weighted by atomic mass is 32.1. The molecule has 142 valence electrons. The molecular weight excluding hydrogens is 364 g/mol. The van der Waals surface area contributed by atoms with E-state index in [-0.39, 0.29) is 30.6 Å². The van der Waals surface area contributed by atoms with Crippen molar-refractivity contribution in [2.24, 2.45) is 0 Å². The first-order chi connectivity index (χ1) is 12.9. The number of thiophene rings is 1. The number of hydrogen-bond acceptors (Lipinski definition) is 5. The summed E-state index contributed by atoms with van der Waals surface area (Å²) in [4.78, 5) is 41.9. The first-order valence-electron chi connectivity index (χ1n) is 8.59. The Bertz CT molecular complexity index is 847. The number of hydrogen-bond donors (Lipinski definition) is 0. The molecule has 0 N–H and O–H groups in total. The van der Waals surface area contributed by atoms with E-state index < -0.39 is 5.41 Å². The van der Waals surface area contributed by atoms with Gasteiger partial charge in [-0.25, -0.2) is 0 Å². The zero-order valence-corrected chi connectivity index (χ0v) is 16.4. The number of nitrogens with zero attached hydrogens (tertiary/aromatic N) is 2. The van der Waals surface area contributed by atoms with Crippen LogP contribution < -0.4 is 4.74 Å². The molecule has 0 bridgehead atoms. The maximum absolute atomic E-state index is 13.0. The molecule has 0 aliphatic carbocycles. The van der Waals surface area contributed by atoms with Crippen molar-refractivity contribution in [2.45, 2.75) is 24.8 Å². The van der Waals surface area contributed by atoms with Crippen molar-refractivity contribution in [1.29, 1.82) is 0 Å². The van der Waals surface area contributed by atoms with E-state index in [0.717, 1.165) is 9.78 Å². The predicted molar refractivity (Wildman–Crippen MR) is 102 cm³/mol. The fraction of sp³-hybridized carbons (Fsp3) is 0.350. The smallest absolute Gasteiger partial charge is 0.240 e. The Kier molecular flexibility index (Phi) is 5.32. The SMILES string of the molecule is COc1ccc([C@@]2(CC(=O)N(C)Cc3cccs3)CC(=O)N(C)C2=O)cc1. The Balaban J connectivity index is 1.89. The van der Waals surface area contributed by atoms with Crippen LogP contribution in [-0.2, 0) is 26.3 Å². The molecule has 1 aromatic carbocycles. The molecule has 0 saturated carbocycles. The summed E-state index contributed by atoms with van der Waals surface area (Å²) in [6.45, 7) is 0.479. The average molecular weight is 386 g/mol. The molecule has 0 spiro atoms. The lowest BCUT2D eigenvalue weighted by atomic mass is 9.75. The van der Waals surface area contributed by atoms with Crippen LogP contribution in [0, 0.1) is 0 Å². The van der Waals surface area contributed by atoms with E-state index >= 15 is 0 Å². The first-order valence-corrected chi connectivity index (χ1v) is 9.47. The number of rotatable bonds is 6. The molecule has 2 heterocycles. The summed E-state index contributed by atoms with van der Waals surface area (Å²) in [5.74, 6) is -0.129. The minimum absolute atomic E-state index is 0.00670. The molecule has 1 aliphatic rings. The van der Waals surface area contributed by atoms with E-state index in [2.05, 4.69) is 0 Å². The molecule has 1 atom stereocenters. The molecule has 3 rings (SSSR count). The molecule has 7 heteroatoms. The Hall–Kier alpha value is -2.67. The Morgan fingerprint density at radius 1 is 1.26 bits per heavy atom. The number of likely N-dealkylation sites (tertiary alicyclic amines) is 1. The molecule has 1 saturated heterocycles. The van der Waals surface area contributed by atoms with Crippen LogP contribution in [0.2, 0.25) is 0 Å². The largest absolute Gasteiger partial charge is 0.497 e. The second-order valence-electron chi connectivity index (χ2n) is 6.75. The highest BCUT2D eigenvalue weighted by molar-refractivity contribution is 7.09. The zero-order valence-electron chi connectivity index (χ0n) is 15.6. The molecule has 6 nitrogen and oxygen atoms in total. The van der Waals surface area contributed by atoms with Gasteiger partial charge >= 0.3 is 0 Å². The second-order valence-corrected chi connectivity index (χ2v) is 7.78. The van der Waals surface area contributed by atoms with Crippen molar-refractivity contribution in [3.05, 3.63) is 52.2 Å². The van der Waals surface area contributed by atoms with Crippen molar-refractivity contribution in [3.8, 4) is 5.75 Å². The number of carbonyl (C=O) groups is 3. The van der Waals surface area contributed by atoms with E-state index in [1.807, 2.05) is 17.5 Å². The van der Waals surface area contributed by atoms with Crippen LogP contribution in [0.25, 0.3) is 0 Å². The van der Waals surface area contributed by atoms with Crippen LogP contribution in [0.4, 0.5) is 0 Å². The Morgan fingerprint density at radius 2 is 1.96 bits per heavy atom. The lowest BCUT2D eigenvalue weighted by molar-refractivity contribution is -0.141. The molecule has 1 aliphatic heterocycles. The maximum atomic E-state index is 13.0. The highest BCUT2D eigenvalue weighted by Gasteiger charge is 2.52. The third-order valence-corrected chi connectivity index (χ3v) is 5.90. The molecule has 2 aromatic rings. The van der Waals surface area contributed by atoms with Crippen LogP contribution in [0.1, 0.15) is 23.3 Å². The van der Waals surface area contributed by atoms with Gasteiger partial charge in [-0.2, -0.15) is 0 Å².